The Morgan fingerprint density at radius 2 is 1.78 bits per heavy atom. The maximum Gasteiger partial charge on any atom is 0.251 e. The number of carbonyl (C=O) groups is 1. The maximum absolute atomic E-state index is 12.3. The highest BCUT2D eigenvalue weighted by Gasteiger charge is 2.14. The lowest BCUT2D eigenvalue weighted by Crippen LogP contribution is -2.29. The van der Waals surface area contributed by atoms with Crippen molar-refractivity contribution in [2.75, 3.05) is 36.4 Å². The average molecular weight is 363 g/mol. The molecule has 4 rings (SSSR count). The molecule has 8 heteroatoms. The molecule has 8 nitrogen and oxygen atoms in total. The minimum absolute atomic E-state index is 0.134. The van der Waals surface area contributed by atoms with Crippen molar-refractivity contribution in [3.63, 3.8) is 0 Å². The number of fused-ring (bicyclic) bond motifs is 1. The van der Waals surface area contributed by atoms with Crippen LogP contribution in [0.5, 0.6) is 0 Å². The Balaban J connectivity index is 1.29. The molecule has 138 valence electrons. The van der Waals surface area contributed by atoms with E-state index in [2.05, 4.69) is 35.5 Å². The van der Waals surface area contributed by atoms with Crippen molar-refractivity contribution in [1.82, 2.24) is 25.3 Å². The van der Waals surface area contributed by atoms with Gasteiger partial charge in [0, 0.05) is 50.2 Å². The first-order valence-electron chi connectivity index (χ1n) is 9.09. The van der Waals surface area contributed by atoms with Gasteiger partial charge in [0.05, 0.1) is 11.0 Å². The van der Waals surface area contributed by atoms with Crippen LogP contribution in [0, 0.1) is 0 Å². The van der Waals surface area contributed by atoms with Gasteiger partial charge in [0.25, 0.3) is 5.91 Å². The molecule has 2 aromatic heterocycles. The van der Waals surface area contributed by atoms with Gasteiger partial charge < -0.3 is 15.5 Å². The molecule has 0 atom stereocenters. The van der Waals surface area contributed by atoms with Gasteiger partial charge in [0.1, 0.15) is 18.0 Å². The molecule has 3 aromatic rings. The van der Waals surface area contributed by atoms with Crippen molar-refractivity contribution in [2.24, 2.45) is 0 Å². The van der Waals surface area contributed by atoms with Crippen LogP contribution in [0.25, 0.3) is 11.0 Å². The highest BCUT2D eigenvalue weighted by molar-refractivity contribution is 5.97. The van der Waals surface area contributed by atoms with Crippen LogP contribution in [0.3, 0.4) is 0 Å². The van der Waals surface area contributed by atoms with Crippen LogP contribution in [0.1, 0.15) is 23.2 Å². The zero-order chi connectivity index (χ0) is 18.5. The number of aromatic nitrogens is 4. The normalized spacial score (nSPS) is 13.7. The average Bonchev–Trinajstić information content (AvgIpc) is 3.26. The van der Waals surface area contributed by atoms with E-state index in [9.17, 15) is 4.79 Å². The van der Waals surface area contributed by atoms with Crippen molar-refractivity contribution in [1.29, 1.82) is 0 Å². The number of carbonyl (C=O) groups excluding carboxylic acids is 1. The fraction of sp³-hybridized carbons (Fsp3) is 0.316. The summed E-state index contributed by atoms with van der Waals surface area (Å²) in [7, 11) is 0. The van der Waals surface area contributed by atoms with E-state index < -0.39 is 0 Å². The quantitative estimate of drug-likeness (QED) is 0.645. The molecule has 0 aliphatic carbocycles. The van der Waals surface area contributed by atoms with Crippen LogP contribution in [-0.4, -0.2) is 52.0 Å². The standard InChI is InChI=1S/C19H21N7O/c27-19(14-3-4-15-16(11-14)21-6-5-20-15)23-8-7-22-17-12-18(25-13-24-17)26-9-1-2-10-26/h3-6,11-13H,1-2,7-10H2,(H,23,27)(H,22,24,25). The van der Waals surface area contributed by atoms with Gasteiger partial charge in [-0.25, -0.2) is 9.97 Å². The third-order valence-electron chi connectivity index (χ3n) is 4.53. The topological polar surface area (TPSA) is 95.9 Å². The highest BCUT2D eigenvalue weighted by Crippen LogP contribution is 2.19. The van der Waals surface area contributed by atoms with E-state index in [4.69, 9.17) is 0 Å². The van der Waals surface area contributed by atoms with Gasteiger partial charge in [0.2, 0.25) is 0 Å². The molecular weight excluding hydrogens is 342 g/mol. The monoisotopic (exact) mass is 363 g/mol. The molecule has 1 aliphatic heterocycles. The second-order valence-electron chi connectivity index (χ2n) is 6.40. The number of hydrogen-bond acceptors (Lipinski definition) is 7. The van der Waals surface area contributed by atoms with Crippen molar-refractivity contribution in [3.8, 4) is 0 Å². The largest absolute Gasteiger partial charge is 0.368 e. The molecule has 1 fully saturated rings. The van der Waals surface area contributed by atoms with E-state index >= 15 is 0 Å². The third-order valence-corrected chi connectivity index (χ3v) is 4.53. The van der Waals surface area contributed by atoms with Gasteiger partial charge >= 0.3 is 0 Å². The molecule has 0 saturated carbocycles. The molecule has 2 N–H and O–H groups in total. The van der Waals surface area contributed by atoms with Crippen molar-refractivity contribution >= 4 is 28.6 Å². The van der Waals surface area contributed by atoms with Crippen molar-refractivity contribution < 1.29 is 4.79 Å². The van der Waals surface area contributed by atoms with Crippen molar-refractivity contribution in [2.45, 2.75) is 12.8 Å². The number of hydrogen-bond donors (Lipinski definition) is 2. The van der Waals surface area contributed by atoms with E-state index in [0.29, 0.717) is 24.2 Å². The molecule has 0 bridgehead atoms. The van der Waals surface area contributed by atoms with Crippen molar-refractivity contribution in [3.05, 3.63) is 48.5 Å². The minimum Gasteiger partial charge on any atom is -0.368 e. The Morgan fingerprint density at radius 3 is 2.63 bits per heavy atom. The van der Waals surface area contributed by atoms with E-state index in [-0.39, 0.29) is 5.91 Å². The highest BCUT2D eigenvalue weighted by atomic mass is 16.1. The van der Waals surface area contributed by atoms with Gasteiger partial charge in [-0.1, -0.05) is 0 Å². The summed E-state index contributed by atoms with van der Waals surface area (Å²) >= 11 is 0. The zero-order valence-corrected chi connectivity index (χ0v) is 14.9. The molecular formula is C19H21N7O. The fourth-order valence-corrected chi connectivity index (χ4v) is 3.14. The Bertz CT molecular complexity index is 940. The number of nitrogens with zero attached hydrogens (tertiary/aromatic N) is 5. The molecule has 3 heterocycles. The Labute approximate surface area is 157 Å². The number of nitrogens with one attached hydrogen (secondary N) is 2. The molecule has 1 aliphatic rings. The summed E-state index contributed by atoms with van der Waals surface area (Å²) in [4.78, 5) is 31.6. The van der Waals surface area contributed by atoms with Crippen LogP contribution in [-0.2, 0) is 0 Å². The summed E-state index contributed by atoms with van der Waals surface area (Å²) < 4.78 is 0. The molecule has 1 saturated heterocycles. The molecule has 27 heavy (non-hydrogen) atoms. The van der Waals surface area contributed by atoms with Gasteiger partial charge in [-0.2, -0.15) is 0 Å². The number of amides is 1. The second kappa shape index (κ2) is 7.94. The first kappa shape index (κ1) is 17.1. The SMILES string of the molecule is O=C(NCCNc1cc(N2CCCC2)ncn1)c1ccc2nccnc2c1. The summed E-state index contributed by atoms with van der Waals surface area (Å²) in [5, 5.41) is 6.13. The number of benzene rings is 1. The van der Waals surface area contributed by atoms with Crippen LogP contribution < -0.4 is 15.5 Å². The van der Waals surface area contributed by atoms with Crippen LogP contribution in [0.15, 0.2) is 43.0 Å². The van der Waals surface area contributed by atoms with Crippen LogP contribution in [0.2, 0.25) is 0 Å². The van der Waals surface area contributed by atoms with E-state index in [1.807, 2.05) is 6.07 Å². The van der Waals surface area contributed by atoms with Gasteiger partial charge in [-0.15, -0.1) is 0 Å². The summed E-state index contributed by atoms with van der Waals surface area (Å²) in [5.74, 6) is 1.58. The van der Waals surface area contributed by atoms with Gasteiger partial charge in [-0.3, -0.25) is 14.8 Å². The summed E-state index contributed by atoms with van der Waals surface area (Å²) in [6.45, 7) is 3.15. The molecule has 0 radical (unpaired) electrons. The summed E-state index contributed by atoms with van der Waals surface area (Å²) in [6.07, 6.45) is 7.24. The van der Waals surface area contributed by atoms with Crippen LogP contribution in [0.4, 0.5) is 11.6 Å². The molecule has 0 spiro atoms. The lowest BCUT2D eigenvalue weighted by Gasteiger charge is -2.16. The minimum atomic E-state index is -0.134. The predicted octanol–water partition coefficient (Wildman–Crippen LogP) is 1.86. The molecule has 1 amide bonds. The Morgan fingerprint density at radius 1 is 0.963 bits per heavy atom. The first-order chi connectivity index (χ1) is 13.3. The number of rotatable bonds is 6. The summed E-state index contributed by atoms with van der Waals surface area (Å²) in [6, 6.07) is 7.26. The van der Waals surface area contributed by atoms with Gasteiger partial charge in [-0.05, 0) is 31.0 Å². The number of anilines is 2. The third kappa shape index (κ3) is 4.11. The van der Waals surface area contributed by atoms with Crippen LogP contribution >= 0.6 is 0 Å². The molecule has 0 unspecified atom stereocenters. The molecule has 1 aromatic carbocycles. The fourth-order valence-electron chi connectivity index (χ4n) is 3.14. The Hall–Kier alpha value is -3.29. The smallest absolute Gasteiger partial charge is 0.251 e. The Kier molecular flexibility index (Phi) is 5.04. The zero-order valence-electron chi connectivity index (χ0n) is 14.9. The van der Waals surface area contributed by atoms with E-state index in [1.165, 1.54) is 12.8 Å². The summed E-state index contributed by atoms with van der Waals surface area (Å²) in [5.41, 5.74) is 2.05. The van der Waals surface area contributed by atoms with E-state index in [1.54, 1.807) is 36.9 Å². The lowest BCUT2D eigenvalue weighted by atomic mass is 10.2. The first-order valence-corrected chi connectivity index (χ1v) is 9.09. The van der Waals surface area contributed by atoms with E-state index in [0.717, 1.165) is 30.2 Å². The second-order valence-corrected chi connectivity index (χ2v) is 6.40. The lowest BCUT2D eigenvalue weighted by molar-refractivity contribution is 0.0955. The van der Waals surface area contributed by atoms with Gasteiger partial charge in [0.15, 0.2) is 0 Å². The maximum atomic E-state index is 12.3. The predicted molar refractivity (Wildman–Crippen MR) is 104 cm³/mol.